The Hall–Kier alpha value is -1.47. The molecular formula is C11H21N5O2. The van der Waals surface area contributed by atoms with Crippen LogP contribution in [0.3, 0.4) is 0 Å². The van der Waals surface area contributed by atoms with Crippen molar-refractivity contribution in [3.63, 3.8) is 0 Å². The SMILES string of the molecule is COCCn1cnnc1[C@@H](C)NC(=O)CN(C)C. The van der Waals surface area contributed by atoms with Crippen molar-refractivity contribution in [2.24, 2.45) is 0 Å². The summed E-state index contributed by atoms with van der Waals surface area (Å²) < 4.78 is 6.89. The molecule has 0 aromatic carbocycles. The number of likely N-dealkylation sites (N-methyl/N-ethyl adjacent to an activating group) is 1. The third-order valence-electron chi connectivity index (χ3n) is 2.41. The predicted molar refractivity (Wildman–Crippen MR) is 67.0 cm³/mol. The fourth-order valence-corrected chi connectivity index (χ4v) is 1.60. The largest absolute Gasteiger partial charge is 0.383 e. The molecule has 1 aromatic heterocycles. The number of methoxy groups -OCH3 is 1. The van der Waals surface area contributed by atoms with E-state index in [1.807, 2.05) is 30.5 Å². The average Bonchev–Trinajstić information content (AvgIpc) is 2.72. The summed E-state index contributed by atoms with van der Waals surface area (Å²) in [5.74, 6) is 0.702. The van der Waals surface area contributed by atoms with Gasteiger partial charge in [-0.1, -0.05) is 0 Å². The molecule has 0 aliphatic rings. The number of nitrogens with zero attached hydrogens (tertiary/aromatic N) is 4. The summed E-state index contributed by atoms with van der Waals surface area (Å²) in [6.45, 7) is 3.51. The van der Waals surface area contributed by atoms with Crippen LogP contribution >= 0.6 is 0 Å². The minimum Gasteiger partial charge on any atom is -0.383 e. The first kappa shape index (κ1) is 14.6. The smallest absolute Gasteiger partial charge is 0.234 e. The van der Waals surface area contributed by atoms with Gasteiger partial charge in [-0.05, 0) is 21.0 Å². The maximum absolute atomic E-state index is 11.6. The van der Waals surface area contributed by atoms with E-state index in [1.54, 1.807) is 13.4 Å². The number of aromatic nitrogens is 3. The fraction of sp³-hybridized carbons (Fsp3) is 0.727. The highest BCUT2D eigenvalue weighted by Gasteiger charge is 2.15. The minimum absolute atomic E-state index is 0.0335. The number of ether oxygens (including phenoxy) is 1. The van der Waals surface area contributed by atoms with Crippen LogP contribution in [0.4, 0.5) is 0 Å². The third kappa shape index (κ3) is 4.42. The van der Waals surface area contributed by atoms with Gasteiger partial charge in [0.1, 0.15) is 6.33 Å². The summed E-state index contributed by atoms with van der Waals surface area (Å²) in [7, 11) is 5.35. The molecule has 0 aliphatic heterocycles. The lowest BCUT2D eigenvalue weighted by Gasteiger charge is -2.16. The van der Waals surface area contributed by atoms with Crippen LogP contribution in [0.1, 0.15) is 18.8 Å². The molecule has 1 atom stereocenters. The second-order valence-corrected chi connectivity index (χ2v) is 4.40. The lowest BCUT2D eigenvalue weighted by Crippen LogP contribution is -2.35. The van der Waals surface area contributed by atoms with Crippen LogP contribution in [0.5, 0.6) is 0 Å². The van der Waals surface area contributed by atoms with E-state index in [-0.39, 0.29) is 11.9 Å². The molecule has 102 valence electrons. The molecule has 1 heterocycles. The molecule has 0 radical (unpaired) electrons. The fourth-order valence-electron chi connectivity index (χ4n) is 1.60. The van der Waals surface area contributed by atoms with E-state index in [4.69, 9.17) is 4.74 Å². The number of carbonyl (C=O) groups is 1. The van der Waals surface area contributed by atoms with Crippen molar-refractivity contribution in [3.8, 4) is 0 Å². The standard InChI is InChI=1S/C11H21N5O2/c1-9(13-10(17)7-15(2)3)11-14-12-8-16(11)5-6-18-4/h8-9H,5-7H2,1-4H3,(H,13,17)/t9-/m1/s1. The molecule has 0 aliphatic carbocycles. The second-order valence-electron chi connectivity index (χ2n) is 4.40. The Morgan fingerprint density at radius 2 is 2.33 bits per heavy atom. The van der Waals surface area contributed by atoms with E-state index in [1.165, 1.54) is 0 Å². The van der Waals surface area contributed by atoms with Crippen molar-refractivity contribution < 1.29 is 9.53 Å². The Morgan fingerprint density at radius 1 is 1.61 bits per heavy atom. The van der Waals surface area contributed by atoms with Crippen LogP contribution in [0.2, 0.25) is 0 Å². The molecular weight excluding hydrogens is 234 g/mol. The maximum atomic E-state index is 11.6. The summed E-state index contributed by atoms with van der Waals surface area (Å²) in [6.07, 6.45) is 1.64. The zero-order valence-electron chi connectivity index (χ0n) is 11.4. The van der Waals surface area contributed by atoms with Crippen LogP contribution in [0, 0.1) is 0 Å². The molecule has 0 unspecified atom stereocenters. The van der Waals surface area contributed by atoms with Crippen molar-refractivity contribution in [2.75, 3.05) is 34.4 Å². The summed E-state index contributed by atoms with van der Waals surface area (Å²) in [6, 6.07) is -0.170. The van der Waals surface area contributed by atoms with Crippen LogP contribution < -0.4 is 5.32 Å². The molecule has 1 rings (SSSR count). The van der Waals surface area contributed by atoms with Crippen LogP contribution in [-0.2, 0) is 16.1 Å². The van der Waals surface area contributed by atoms with Crippen molar-refractivity contribution >= 4 is 5.91 Å². The summed E-state index contributed by atoms with van der Waals surface area (Å²) >= 11 is 0. The minimum atomic E-state index is -0.170. The Balaban J connectivity index is 2.58. The number of hydrogen-bond donors (Lipinski definition) is 1. The summed E-state index contributed by atoms with van der Waals surface area (Å²) in [5, 5.41) is 10.8. The number of nitrogens with one attached hydrogen (secondary N) is 1. The van der Waals surface area contributed by atoms with Gasteiger partial charge in [-0.2, -0.15) is 0 Å². The normalized spacial score (nSPS) is 12.7. The van der Waals surface area contributed by atoms with Gasteiger partial charge in [0.15, 0.2) is 5.82 Å². The molecule has 7 nitrogen and oxygen atoms in total. The van der Waals surface area contributed by atoms with Gasteiger partial charge in [-0.25, -0.2) is 0 Å². The molecule has 1 N–H and O–H groups in total. The topological polar surface area (TPSA) is 72.3 Å². The number of rotatable bonds is 7. The first-order valence-electron chi connectivity index (χ1n) is 5.85. The molecule has 1 amide bonds. The molecule has 0 saturated carbocycles. The first-order chi connectivity index (χ1) is 8.54. The zero-order valence-corrected chi connectivity index (χ0v) is 11.4. The zero-order chi connectivity index (χ0) is 13.5. The van der Waals surface area contributed by atoms with Crippen molar-refractivity contribution in [2.45, 2.75) is 19.5 Å². The van der Waals surface area contributed by atoms with E-state index < -0.39 is 0 Å². The second kappa shape index (κ2) is 7.07. The quantitative estimate of drug-likeness (QED) is 0.722. The van der Waals surface area contributed by atoms with E-state index >= 15 is 0 Å². The molecule has 7 heteroatoms. The Morgan fingerprint density at radius 3 is 2.94 bits per heavy atom. The summed E-state index contributed by atoms with van der Waals surface area (Å²) in [5.41, 5.74) is 0. The number of hydrogen-bond acceptors (Lipinski definition) is 5. The Kier molecular flexibility index (Phi) is 5.73. The molecule has 0 fully saturated rings. The highest BCUT2D eigenvalue weighted by Crippen LogP contribution is 2.08. The van der Waals surface area contributed by atoms with Crippen molar-refractivity contribution in [1.29, 1.82) is 0 Å². The van der Waals surface area contributed by atoms with E-state index in [9.17, 15) is 4.79 Å². The van der Waals surface area contributed by atoms with Crippen LogP contribution in [0.25, 0.3) is 0 Å². The van der Waals surface area contributed by atoms with Gasteiger partial charge < -0.3 is 19.5 Å². The van der Waals surface area contributed by atoms with Gasteiger partial charge in [0.2, 0.25) is 5.91 Å². The number of carbonyl (C=O) groups excluding carboxylic acids is 1. The van der Waals surface area contributed by atoms with Gasteiger partial charge in [-0.15, -0.1) is 10.2 Å². The van der Waals surface area contributed by atoms with E-state index in [0.717, 1.165) is 5.82 Å². The van der Waals surface area contributed by atoms with Gasteiger partial charge in [0, 0.05) is 13.7 Å². The molecule has 0 saturated heterocycles. The highest BCUT2D eigenvalue weighted by molar-refractivity contribution is 5.78. The van der Waals surface area contributed by atoms with Gasteiger partial charge >= 0.3 is 0 Å². The van der Waals surface area contributed by atoms with E-state index in [0.29, 0.717) is 19.7 Å². The lowest BCUT2D eigenvalue weighted by molar-refractivity contribution is -0.122. The molecule has 18 heavy (non-hydrogen) atoms. The van der Waals surface area contributed by atoms with Gasteiger partial charge in [0.05, 0.1) is 19.2 Å². The lowest BCUT2D eigenvalue weighted by atomic mass is 10.3. The highest BCUT2D eigenvalue weighted by atomic mass is 16.5. The van der Waals surface area contributed by atoms with Crippen LogP contribution in [-0.4, -0.2) is 59.9 Å². The monoisotopic (exact) mass is 255 g/mol. The average molecular weight is 255 g/mol. The number of amides is 1. The Labute approximate surface area is 107 Å². The summed E-state index contributed by atoms with van der Waals surface area (Å²) in [4.78, 5) is 13.5. The Bertz CT molecular complexity index is 377. The van der Waals surface area contributed by atoms with Crippen LogP contribution in [0.15, 0.2) is 6.33 Å². The van der Waals surface area contributed by atoms with Crippen molar-refractivity contribution in [1.82, 2.24) is 25.0 Å². The third-order valence-corrected chi connectivity index (χ3v) is 2.41. The predicted octanol–water partition coefficient (Wildman–Crippen LogP) is -0.337. The van der Waals surface area contributed by atoms with Gasteiger partial charge in [0.25, 0.3) is 0 Å². The van der Waals surface area contributed by atoms with Crippen molar-refractivity contribution in [3.05, 3.63) is 12.2 Å². The molecule has 0 bridgehead atoms. The molecule has 1 aromatic rings. The maximum Gasteiger partial charge on any atom is 0.234 e. The molecule has 0 spiro atoms. The van der Waals surface area contributed by atoms with Gasteiger partial charge in [-0.3, -0.25) is 4.79 Å². The van der Waals surface area contributed by atoms with E-state index in [2.05, 4.69) is 15.5 Å². The first-order valence-corrected chi connectivity index (χ1v) is 5.85.